The smallest absolute Gasteiger partial charge is 0.254 e. The van der Waals surface area contributed by atoms with E-state index in [2.05, 4.69) is 37.5 Å². The van der Waals surface area contributed by atoms with Crippen molar-refractivity contribution in [3.63, 3.8) is 0 Å². The highest BCUT2D eigenvalue weighted by Crippen LogP contribution is 2.26. The van der Waals surface area contributed by atoms with E-state index in [1.54, 1.807) is 30.3 Å². The molecule has 3 aromatic heterocycles. The van der Waals surface area contributed by atoms with Crippen molar-refractivity contribution in [2.24, 2.45) is 14.1 Å². The van der Waals surface area contributed by atoms with Gasteiger partial charge < -0.3 is 14.8 Å². The lowest BCUT2D eigenvalue weighted by atomic mass is 9.99. The average Bonchev–Trinajstić information content (AvgIpc) is 3.27. The maximum atomic E-state index is 12.9. The van der Waals surface area contributed by atoms with Gasteiger partial charge in [0.1, 0.15) is 5.52 Å². The normalized spacial score (nSPS) is 21.1. The minimum Gasteiger partial charge on any atom is -0.347 e. The van der Waals surface area contributed by atoms with Crippen LogP contribution in [-0.4, -0.2) is 66.5 Å². The first kappa shape index (κ1) is 15.7. The van der Waals surface area contributed by atoms with E-state index in [1.807, 2.05) is 17.8 Å². The van der Waals surface area contributed by atoms with Crippen molar-refractivity contribution < 1.29 is 4.79 Å². The SMILES string of the molecule is CN1C[C@@H](NC(=O)c2ccnc3c2nnn3C)[C@H](c2cncn2C)C1. The molecule has 130 valence electrons. The van der Waals surface area contributed by atoms with Gasteiger partial charge >= 0.3 is 0 Å². The Kier molecular flexibility index (Phi) is 3.72. The van der Waals surface area contributed by atoms with Crippen LogP contribution < -0.4 is 5.32 Å². The standard InChI is InChI=1S/C16H20N8O/c1-22-7-11(13-6-17-9-23(13)2)12(8-22)19-16(25)10-4-5-18-15-14(10)20-21-24(15)3/h4-6,9,11-12H,7-8H2,1-3H3,(H,19,25)/t11-,12-/m1/s1. The summed E-state index contributed by atoms with van der Waals surface area (Å²) in [7, 11) is 5.79. The molecule has 0 aliphatic carbocycles. The lowest BCUT2D eigenvalue weighted by Crippen LogP contribution is -2.40. The molecule has 1 N–H and O–H groups in total. The maximum Gasteiger partial charge on any atom is 0.254 e. The van der Waals surface area contributed by atoms with Gasteiger partial charge in [0.2, 0.25) is 0 Å². The highest BCUT2D eigenvalue weighted by atomic mass is 16.1. The van der Waals surface area contributed by atoms with Crippen molar-refractivity contribution in [1.29, 1.82) is 0 Å². The molecule has 1 aliphatic heterocycles. The highest BCUT2D eigenvalue weighted by Gasteiger charge is 2.35. The summed E-state index contributed by atoms with van der Waals surface area (Å²) in [5.74, 6) is 0.0426. The van der Waals surface area contributed by atoms with E-state index in [0.717, 1.165) is 18.8 Å². The van der Waals surface area contributed by atoms with Crippen LogP contribution in [-0.2, 0) is 14.1 Å². The molecule has 1 amide bonds. The van der Waals surface area contributed by atoms with Crippen molar-refractivity contribution in [3.05, 3.63) is 36.0 Å². The number of pyridine rings is 1. The van der Waals surface area contributed by atoms with Crippen LogP contribution in [0.2, 0.25) is 0 Å². The number of nitrogens with one attached hydrogen (secondary N) is 1. The molecular weight excluding hydrogens is 320 g/mol. The Labute approximate surface area is 144 Å². The Morgan fingerprint density at radius 1 is 1.28 bits per heavy atom. The molecule has 1 fully saturated rings. The summed E-state index contributed by atoms with van der Waals surface area (Å²) in [6, 6.07) is 1.69. The summed E-state index contributed by atoms with van der Waals surface area (Å²) in [5, 5.41) is 11.2. The second-order valence-corrected chi connectivity index (χ2v) is 6.58. The highest BCUT2D eigenvalue weighted by molar-refractivity contribution is 6.04. The number of nitrogens with zero attached hydrogens (tertiary/aromatic N) is 7. The van der Waals surface area contributed by atoms with Crippen LogP contribution in [0.3, 0.4) is 0 Å². The van der Waals surface area contributed by atoms with E-state index in [1.165, 1.54) is 0 Å². The number of hydrogen-bond donors (Lipinski definition) is 1. The third-order valence-corrected chi connectivity index (χ3v) is 4.79. The van der Waals surface area contributed by atoms with Gasteiger partial charge in [-0.05, 0) is 13.1 Å². The van der Waals surface area contributed by atoms with Crippen LogP contribution in [0, 0.1) is 0 Å². The summed E-state index contributed by atoms with van der Waals surface area (Å²) in [5.41, 5.74) is 2.73. The fraction of sp³-hybridized carbons (Fsp3) is 0.438. The Bertz CT molecular complexity index is 929. The van der Waals surface area contributed by atoms with Gasteiger partial charge in [0.15, 0.2) is 5.65 Å². The van der Waals surface area contributed by atoms with Crippen molar-refractivity contribution in [2.45, 2.75) is 12.0 Å². The second-order valence-electron chi connectivity index (χ2n) is 6.58. The molecule has 0 aromatic carbocycles. The third kappa shape index (κ3) is 2.66. The monoisotopic (exact) mass is 340 g/mol. The van der Waals surface area contributed by atoms with Gasteiger partial charge in [-0.15, -0.1) is 5.10 Å². The Hall–Kier alpha value is -2.81. The first-order valence-corrected chi connectivity index (χ1v) is 8.14. The van der Waals surface area contributed by atoms with Crippen LogP contribution in [0.1, 0.15) is 22.0 Å². The Balaban J connectivity index is 1.62. The van der Waals surface area contributed by atoms with E-state index >= 15 is 0 Å². The number of likely N-dealkylation sites (tertiary alicyclic amines) is 1. The van der Waals surface area contributed by atoms with Gasteiger partial charge in [-0.25, -0.2) is 14.6 Å². The molecule has 0 unspecified atom stereocenters. The van der Waals surface area contributed by atoms with Gasteiger partial charge in [-0.1, -0.05) is 5.21 Å². The van der Waals surface area contributed by atoms with E-state index in [-0.39, 0.29) is 17.9 Å². The number of aryl methyl sites for hydroxylation is 2. The predicted molar refractivity (Wildman–Crippen MR) is 91.0 cm³/mol. The fourth-order valence-corrected chi connectivity index (χ4v) is 3.53. The first-order valence-electron chi connectivity index (χ1n) is 8.14. The quantitative estimate of drug-likeness (QED) is 0.717. The first-order chi connectivity index (χ1) is 12.0. The molecule has 0 spiro atoms. The fourth-order valence-electron chi connectivity index (χ4n) is 3.53. The number of amides is 1. The van der Waals surface area contributed by atoms with Crippen molar-refractivity contribution >= 4 is 17.1 Å². The Morgan fingerprint density at radius 2 is 2.12 bits per heavy atom. The van der Waals surface area contributed by atoms with Crippen LogP contribution in [0.5, 0.6) is 0 Å². The van der Waals surface area contributed by atoms with Crippen LogP contribution >= 0.6 is 0 Å². The second kappa shape index (κ2) is 5.92. The largest absolute Gasteiger partial charge is 0.347 e. The molecule has 0 bridgehead atoms. The van der Waals surface area contributed by atoms with E-state index in [4.69, 9.17) is 0 Å². The zero-order chi connectivity index (χ0) is 17.6. The molecule has 9 heteroatoms. The van der Waals surface area contributed by atoms with Gasteiger partial charge in [0, 0.05) is 51.2 Å². The van der Waals surface area contributed by atoms with Crippen molar-refractivity contribution in [2.75, 3.05) is 20.1 Å². The summed E-state index contributed by atoms with van der Waals surface area (Å²) < 4.78 is 3.57. The molecule has 2 atom stereocenters. The number of rotatable bonds is 3. The van der Waals surface area contributed by atoms with Crippen molar-refractivity contribution in [3.8, 4) is 0 Å². The Morgan fingerprint density at radius 3 is 2.88 bits per heavy atom. The molecule has 4 rings (SSSR count). The third-order valence-electron chi connectivity index (χ3n) is 4.79. The van der Waals surface area contributed by atoms with Crippen LogP contribution in [0.4, 0.5) is 0 Å². The number of aromatic nitrogens is 6. The van der Waals surface area contributed by atoms with E-state index in [9.17, 15) is 4.79 Å². The topological polar surface area (TPSA) is 93.8 Å². The number of fused-ring (bicyclic) bond motifs is 1. The van der Waals surface area contributed by atoms with Crippen LogP contribution in [0.15, 0.2) is 24.8 Å². The molecule has 1 aliphatic rings. The zero-order valence-corrected chi connectivity index (χ0v) is 14.4. The summed E-state index contributed by atoms with van der Waals surface area (Å²) in [4.78, 5) is 23.5. The number of hydrogen-bond acceptors (Lipinski definition) is 6. The van der Waals surface area contributed by atoms with Gasteiger partial charge in [-0.3, -0.25) is 4.79 Å². The minimum atomic E-state index is -0.152. The molecule has 9 nitrogen and oxygen atoms in total. The lowest BCUT2D eigenvalue weighted by molar-refractivity contribution is 0.0936. The van der Waals surface area contributed by atoms with Gasteiger partial charge in [0.05, 0.1) is 17.9 Å². The molecule has 4 heterocycles. The van der Waals surface area contributed by atoms with Gasteiger partial charge in [0.25, 0.3) is 5.91 Å². The number of likely N-dealkylation sites (N-methyl/N-ethyl adjacent to an activating group) is 1. The van der Waals surface area contributed by atoms with E-state index in [0.29, 0.717) is 16.7 Å². The molecular formula is C16H20N8O. The van der Waals surface area contributed by atoms with Gasteiger partial charge in [-0.2, -0.15) is 0 Å². The number of imidazole rings is 1. The lowest BCUT2D eigenvalue weighted by Gasteiger charge is -2.20. The predicted octanol–water partition coefficient (Wildman–Crippen LogP) is -0.0756. The van der Waals surface area contributed by atoms with E-state index < -0.39 is 0 Å². The zero-order valence-electron chi connectivity index (χ0n) is 14.4. The molecule has 0 saturated carbocycles. The molecule has 0 radical (unpaired) electrons. The summed E-state index contributed by atoms with van der Waals surface area (Å²) in [6.45, 7) is 1.66. The molecule has 25 heavy (non-hydrogen) atoms. The average molecular weight is 340 g/mol. The van der Waals surface area contributed by atoms with Crippen LogP contribution in [0.25, 0.3) is 11.2 Å². The summed E-state index contributed by atoms with van der Waals surface area (Å²) >= 11 is 0. The number of carbonyl (C=O) groups is 1. The molecule has 1 saturated heterocycles. The summed E-state index contributed by atoms with van der Waals surface area (Å²) in [6.07, 6.45) is 5.27. The minimum absolute atomic E-state index is 0.00721. The maximum absolute atomic E-state index is 12.9. The van der Waals surface area contributed by atoms with Crippen molar-refractivity contribution in [1.82, 2.24) is 39.7 Å². The number of carbonyl (C=O) groups excluding carboxylic acids is 1. The molecule has 3 aromatic rings.